The predicted molar refractivity (Wildman–Crippen MR) is 60.3 cm³/mol. The lowest BCUT2D eigenvalue weighted by atomic mass is 9.74. The molecule has 0 spiro atoms. The van der Waals surface area contributed by atoms with Gasteiger partial charge in [-0.2, -0.15) is 43.9 Å². The molecule has 0 atom stereocenters. The van der Waals surface area contributed by atoms with Crippen molar-refractivity contribution >= 4 is 11.9 Å². The molecule has 1 aliphatic rings. The van der Waals surface area contributed by atoms with Gasteiger partial charge in [0.2, 0.25) is 0 Å². The quantitative estimate of drug-likeness (QED) is 0.305. The molecule has 0 aliphatic heterocycles. The van der Waals surface area contributed by atoms with Crippen molar-refractivity contribution in [3.8, 4) is 0 Å². The highest BCUT2D eigenvalue weighted by Crippen LogP contribution is 2.66. The van der Waals surface area contributed by atoms with Crippen molar-refractivity contribution in [1.29, 1.82) is 0 Å². The van der Waals surface area contributed by atoms with E-state index in [-0.39, 0.29) is 0 Å². The number of halogens is 10. The van der Waals surface area contributed by atoms with Gasteiger partial charge in [0.05, 0.1) is 0 Å². The van der Waals surface area contributed by atoms with Crippen LogP contribution in [-0.4, -0.2) is 54.8 Å². The van der Waals surface area contributed by atoms with Crippen molar-refractivity contribution in [2.24, 2.45) is 5.92 Å². The van der Waals surface area contributed by atoms with Gasteiger partial charge >= 0.3 is 41.6 Å². The molecule has 0 radical (unpaired) electrons. The normalized spacial score (nSPS) is 25.2. The standard InChI is InChI=1S/C12H8F10O4/c1-2-5(23)25-3-4-26-7(24)6-8(13,14)10(17,18)12(21,22)11(19,20)9(6,15)16/h2,6H,1,3-4H2. The molecular formula is C12H8F10O4. The van der Waals surface area contributed by atoms with Crippen LogP contribution in [0.15, 0.2) is 12.7 Å². The van der Waals surface area contributed by atoms with E-state index in [9.17, 15) is 53.5 Å². The fourth-order valence-corrected chi connectivity index (χ4v) is 1.93. The van der Waals surface area contributed by atoms with Crippen LogP contribution >= 0.6 is 0 Å². The molecule has 0 N–H and O–H groups in total. The maximum atomic E-state index is 13.5. The molecule has 4 nitrogen and oxygen atoms in total. The molecule has 0 unspecified atom stereocenters. The summed E-state index contributed by atoms with van der Waals surface area (Å²) < 4.78 is 140. The summed E-state index contributed by atoms with van der Waals surface area (Å²) in [5.41, 5.74) is 0. The Morgan fingerprint density at radius 3 is 1.54 bits per heavy atom. The number of carbonyl (C=O) groups excluding carboxylic acids is 2. The first-order chi connectivity index (χ1) is 11.5. The third kappa shape index (κ3) is 2.78. The molecule has 26 heavy (non-hydrogen) atoms. The van der Waals surface area contributed by atoms with Crippen LogP contribution in [0.3, 0.4) is 0 Å². The van der Waals surface area contributed by atoms with Crippen LogP contribution in [0.4, 0.5) is 43.9 Å². The number of hydrogen-bond acceptors (Lipinski definition) is 4. The topological polar surface area (TPSA) is 52.6 Å². The number of alkyl halides is 10. The van der Waals surface area contributed by atoms with Crippen LogP contribution < -0.4 is 0 Å². The Morgan fingerprint density at radius 1 is 0.769 bits per heavy atom. The zero-order valence-electron chi connectivity index (χ0n) is 12.2. The first-order valence-electron chi connectivity index (χ1n) is 6.35. The zero-order valence-corrected chi connectivity index (χ0v) is 12.2. The highest BCUT2D eigenvalue weighted by Gasteiger charge is 2.96. The highest BCUT2D eigenvalue weighted by molar-refractivity contribution is 5.81. The van der Waals surface area contributed by atoms with Crippen LogP contribution in [0.2, 0.25) is 0 Å². The summed E-state index contributed by atoms with van der Waals surface area (Å²) in [5, 5.41) is 0. The molecule has 14 heteroatoms. The molecule has 0 aromatic rings. The zero-order chi connectivity index (χ0) is 20.8. The predicted octanol–water partition coefficient (Wildman–Crippen LogP) is 3.07. The Bertz CT molecular complexity index is 571. The maximum Gasteiger partial charge on any atom is 0.384 e. The largest absolute Gasteiger partial charge is 0.462 e. The summed E-state index contributed by atoms with van der Waals surface area (Å²) in [4.78, 5) is 21.9. The summed E-state index contributed by atoms with van der Waals surface area (Å²) in [5.74, 6) is -43.4. The lowest BCUT2D eigenvalue weighted by Gasteiger charge is -2.48. The van der Waals surface area contributed by atoms with Crippen molar-refractivity contribution in [2.75, 3.05) is 13.2 Å². The highest BCUT2D eigenvalue weighted by atomic mass is 19.4. The second-order valence-corrected chi connectivity index (χ2v) is 4.94. The number of hydrogen-bond donors (Lipinski definition) is 0. The summed E-state index contributed by atoms with van der Waals surface area (Å²) in [7, 11) is 0. The maximum absolute atomic E-state index is 13.5. The minimum atomic E-state index is -7.16. The number of esters is 2. The SMILES string of the molecule is C=CC(=O)OCCOC(=O)C1C(F)(F)C(F)(F)C(F)(F)C(F)(F)C1(F)F. The number of rotatable bonds is 5. The summed E-state index contributed by atoms with van der Waals surface area (Å²) in [6.45, 7) is 0.661. The van der Waals surface area contributed by atoms with Crippen LogP contribution in [0.1, 0.15) is 0 Å². The molecule has 1 aliphatic carbocycles. The van der Waals surface area contributed by atoms with Crippen LogP contribution in [0.25, 0.3) is 0 Å². The molecule has 0 aromatic carbocycles. The Hall–Kier alpha value is -2.02. The van der Waals surface area contributed by atoms with Gasteiger partial charge in [0.25, 0.3) is 0 Å². The minimum absolute atomic E-state index is 0.578. The van der Waals surface area contributed by atoms with E-state index < -0.39 is 60.7 Å². The Kier molecular flexibility index (Phi) is 5.34. The van der Waals surface area contributed by atoms with Crippen molar-refractivity contribution in [2.45, 2.75) is 29.6 Å². The Morgan fingerprint density at radius 2 is 1.15 bits per heavy atom. The smallest absolute Gasteiger partial charge is 0.384 e. The number of ether oxygens (including phenoxy) is 2. The number of carbonyl (C=O) groups is 2. The van der Waals surface area contributed by atoms with Gasteiger partial charge in [0.1, 0.15) is 13.2 Å². The fraction of sp³-hybridized carbons (Fsp3) is 0.667. The van der Waals surface area contributed by atoms with E-state index >= 15 is 0 Å². The van der Waals surface area contributed by atoms with Gasteiger partial charge in [0.15, 0.2) is 5.92 Å². The van der Waals surface area contributed by atoms with Crippen LogP contribution in [0.5, 0.6) is 0 Å². The van der Waals surface area contributed by atoms with Crippen molar-refractivity contribution < 1.29 is 63.0 Å². The molecular weight excluding hydrogens is 398 g/mol. The molecule has 0 bridgehead atoms. The van der Waals surface area contributed by atoms with Gasteiger partial charge in [-0.15, -0.1) is 0 Å². The van der Waals surface area contributed by atoms with Crippen molar-refractivity contribution in [1.82, 2.24) is 0 Å². The first kappa shape index (κ1) is 22.0. The van der Waals surface area contributed by atoms with Gasteiger partial charge < -0.3 is 9.47 Å². The van der Waals surface area contributed by atoms with E-state index in [4.69, 9.17) is 0 Å². The van der Waals surface area contributed by atoms with Gasteiger partial charge in [0, 0.05) is 6.08 Å². The molecule has 150 valence electrons. The molecule has 0 heterocycles. The lowest BCUT2D eigenvalue weighted by molar-refractivity contribution is -0.458. The Labute approximate surface area is 137 Å². The average Bonchev–Trinajstić information content (AvgIpc) is 2.49. The summed E-state index contributed by atoms with van der Waals surface area (Å²) in [6, 6.07) is 0. The lowest BCUT2D eigenvalue weighted by Crippen LogP contribution is -2.78. The summed E-state index contributed by atoms with van der Waals surface area (Å²) >= 11 is 0. The van der Waals surface area contributed by atoms with Gasteiger partial charge in [-0.3, -0.25) is 4.79 Å². The average molecular weight is 406 g/mol. The van der Waals surface area contributed by atoms with Crippen molar-refractivity contribution in [3.05, 3.63) is 12.7 Å². The van der Waals surface area contributed by atoms with E-state index in [0.717, 1.165) is 0 Å². The molecule has 0 saturated heterocycles. The van der Waals surface area contributed by atoms with Crippen molar-refractivity contribution in [3.63, 3.8) is 0 Å². The first-order valence-corrected chi connectivity index (χ1v) is 6.35. The van der Waals surface area contributed by atoms with E-state index in [1.807, 2.05) is 0 Å². The monoisotopic (exact) mass is 406 g/mol. The van der Waals surface area contributed by atoms with Gasteiger partial charge in [-0.1, -0.05) is 6.58 Å². The van der Waals surface area contributed by atoms with Gasteiger partial charge in [-0.05, 0) is 0 Å². The van der Waals surface area contributed by atoms with Gasteiger partial charge in [-0.25, -0.2) is 4.79 Å². The molecule has 0 amide bonds. The van der Waals surface area contributed by atoms with Crippen LogP contribution in [-0.2, 0) is 19.1 Å². The van der Waals surface area contributed by atoms with Crippen LogP contribution in [0, 0.1) is 5.92 Å². The second-order valence-electron chi connectivity index (χ2n) is 4.94. The fourth-order valence-electron chi connectivity index (χ4n) is 1.93. The van der Waals surface area contributed by atoms with E-state index in [1.165, 1.54) is 0 Å². The summed E-state index contributed by atoms with van der Waals surface area (Å²) in [6.07, 6.45) is 0.578. The van der Waals surface area contributed by atoms with E-state index in [0.29, 0.717) is 6.08 Å². The molecule has 1 rings (SSSR count). The minimum Gasteiger partial charge on any atom is -0.462 e. The molecule has 0 aromatic heterocycles. The third-order valence-corrected chi connectivity index (χ3v) is 3.33. The van der Waals surface area contributed by atoms with E-state index in [2.05, 4.69) is 16.1 Å². The van der Waals surface area contributed by atoms with E-state index in [1.54, 1.807) is 0 Å². The molecule has 1 saturated carbocycles. The third-order valence-electron chi connectivity index (χ3n) is 3.33. The Balaban J connectivity index is 3.17. The molecule has 1 fully saturated rings. The second kappa shape index (κ2) is 6.30.